The third-order valence-corrected chi connectivity index (χ3v) is 2.38. The maximum absolute atomic E-state index is 11.4. The van der Waals surface area contributed by atoms with Gasteiger partial charge < -0.3 is 10.1 Å². The Balaban J connectivity index is 2.52. The molecule has 102 valence electrons. The van der Waals surface area contributed by atoms with Crippen LogP contribution in [0, 0.1) is 18.8 Å². The average Bonchev–Trinajstić information content (AvgIpc) is 2.26. The quantitative estimate of drug-likeness (QED) is 0.799. The van der Waals surface area contributed by atoms with Crippen molar-refractivity contribution in [3.63, 3.8) is 0 Å². The highest BCUT2D eigenvalue weighted by molar-refractivity contribution is 6.30. The summed E-state index contributed by atoms with van der Waals surface area (Å²) in [7, 11) is 0. The molecule has 0 heterocycles. The molecule has 0 aliphatic rings. The van der Waals surface area contributed by atoms with Crippen molar-refractivity contribution in [1.29, 1.82) is 0 Å². The third-order valence-electron chi connectivity index (χ3n) is 2.14. The fourth-order valence-corrected chi connectivity index (χ4v) is 1.47. The molecule has 0 aliphatic heterocycles. The Morgan fingerprint density at radius 3 is 2.74 bits per heavy atom. The molecular formula is C15H18ClNO2. The summed E-state index contributed by atoms with van der Waals surface area (Å²) < 4.78 is 5.09. The minimum absolute atomic E-state index is 0.237. The van der Waals surface area contributed by atoms with E-state index in [1.54, 1.807) is 6.07 Å². The highest BCUT2D eigenvalue weighted by atomic mass is 35.5. The van der Waals surface area contributed by atoms with Gasteiger partial charge in [-0.05, 0) is 45.4 Å². The molecule has 19 heavy (non-hydrogen) atoms. The smallest absolute Gasteiger partial charge is 0.408 e. The van der Waals surface area contributed by atoms with E-state index in [0.717, 1.165) is 11.1 Å². The van der Waals surface area contributed by atoms with Crippen molar-refractivity contribution < 1.29 is 9.53 Å². The molecule has 1 N–H and O–H groups in total. The lowest BCUT2D eigenvalue weighted by Gasteiger charge is -2.19. The van der Waals surface area contributed by atoms with Crippen LogP contribution in [0.25, 0.3) is 0 Å². The predicted molar refractivity (Wildman–Crippen MR) is 77.3 cm³/mol. The highest BCUT2D eigenvalue weighted by Gasteiger charge is 2.14. The number of halogens is 1. The normalized spacial score (nSPS) is 10.4. The number of ether oxygens (including phenoxy) is 1. The van der Waals surface area contributed by atoms with Gasteiger partial charge in [0.1, 0.15) is 5.60 Å². The molecule has 4 heteroatoms. The molecule has 0 bridgehead atoms. The zero-order valence-corrected chi connectivity index (χ0v) is 12.4. The predicted octanol–water partition coefficient (Wildman–Crippen LogP) is 3.52. The zero-order chi connectivity index (χ0) is 14.5. The number of carbonyl (C=O) groups is 1. The molecule has 0 fully saturated rings. The van der Waals surface area contributed by atoms with Gasteiger partial charge in [0.05, 0.1) is 6.54 Å². The number of alkyl carbamates (subject to hydrolysis) is 1. The van der Waals surface area contributed by atoms with Crippen LogP contribution in [0.1, 0.15) is 31.9 Å². The van der Waals surface area contributed by atoms with Crippen LogP contribution < -0.4 is 5.32 Å². The van der Waals surface area contributed by atoms with E-state index in [1.807, 2.05) is 39.8 Å². The van der Waals surface area contributed by atoms with Crippen molar-refractivity contribution in [3.05, 3.63) is 34.3 Å². The van der Waals surface area contributed by atoms with E-state index in [4.69, 9.17) is 16.3 Å². The Morgan fingerprint density at radius 1 is 1.42 bits per heavy atom. The first-order chi connectivity index (χ1) is 8.78. The Bertz CT molecular complexity index is 521. The summed E-state index contributed by atoms with van der Waals surface area (Å²) in [5, 5.41) is 3.22. The molecule has 0 unspecified atom stereocenters. The Morgan fingerprint density at radius 2 is 2.11 bits per heavy atom. The molecule has 0 aliphatic carbocycles. The molecule has 1 amide bonds. The van der Waals surface area contributed by atoms with Gasteiger partial charge >= 0.3 is 6.09 Å². The summed E-state index contributed by atoms with van der Waals surface area (Å²) in [5.74, 6) is 5.83. The molecule has 1 rings (SSSR count). The fraction of sp³-hybridized carbons (Fsp3) is 0.400. The Kier molecular flexibility index (Phi) is 5.26. The zero-order valence-electron chi connectivity index (χ0n) is 11.6. The van der Waals surface area contributed by atoms with Crippen LogP contribution in [0.2, 0.25) is 5.02 Å². The summed E-state index contributed by atoms with van der Waals surface area (Å²) in [6, 6.07) is 5.53. The van der Waals surface area contributed by atoms with Gasteiger partial charge in [-0.3, -0.25) is 0 Å². The van der Waals surface area contributed by atoms with E-state index in [0.29, 0.717) is 5.02 Å². The molecule has 0 radical (unpaired) electrons. The lowest BCUT2D eigenvalue weighted by molar-refractivity contribution is 0.0535. The molecule has 1 aromatic rings. The minimum atomic E-state index is -0.499. The highest BCUT2D eigenvalue weighted by Crippen LogP contribution is 2.14. The van der Waals surface area contributed by atoms with E-state index in [-0.39, 0.29) is 6.54 Å². The standard InChI is InChI=1S/C15H18ClNO2/c1-11-7-8-13(16)10-12(11)6-5-9-17-14(18)19-15(2,3)4/h7-8,10H,9H2,1-4H3,(H,17,18). The molecule has 0 saturated heterocycles. The SMILES string of the molecule is Cc1ccc(Cl)cc1C#CCNC(=O)OC(C)(C)C. The van der Waals surface area contributed by atoms with Gasteiger partial charge in [-0.1, -0.05) is 29.5 Å². The minimum Gasteiger partial charge on any atom is -0.444 e. The van der Waals surface area contributed by atoms with Crippen LogP contribution in [0.4, 0.5) is 4.79 Å². The van der Waals surface area contributed by atoms with Gasteiger partial charge in [0, 0.05) is 10.6 Å². The number of carbonyl (C=O) groups excluding carboxylic acids is 1. The first kappa shape index (κ1) is 15.4. The van der Waals surface area contributed by atoms with Crippen LogP contribution in [0.15, 0.2) is 18.2 Å². The molecule has 0 spiro atoms. The van der Waals surface area contributed by atoms with Crippen molar-refractivity contribution in [1.82, 2.24) is 5.32 Å². The maximum atomic E-state index is 11.4. The van der Waals surface area contributed by atoms with Crippen molar-refractivity contribution in [3.8, 4) is 11.8 Å². The summed E-state index contributed by atoms with van der Waals surface area (Å²) in [4.78, 5) is 11.4. The van der Waals surface area contributed by atoms with Crippen LogP contribution >= 0.6 is 11.6 Å². The van der Waals surface area contributed by atoms with Crippen molar-refractivity contribution >= 4 is 17.7 Å². The van der Waals surface area contributed by atoms with E-state index in [9.17, 15) is 4.79 Å². The lowest BCUT2D eigenvalue weighted by Crippen LogP contribution is -2.32. The largest absolute Gasteiger partial charge is 0.444 e. The second-order valence-electron chi connectivity index (χ2n) is 5.12. The molecule has 0 atom stereocenters. The molecule has 0 aromatic heterocycles. The number of nitrogens with one attached hydrogen (secondary N) is 1. The van der Waals surface area contributed by atoms with Crippen LogP contribution in [-0.2, 0) is 4.74 Å². The van der Waals surface area contributed by atoms with E-state index >= 15 is 0 Å². The van der Waals surface area contributed by atoms with Crippen LogP contribution in [0.5, 0.6) is 0 Å². The van der Waals surface area contributed by atoms with Gasteiger partial charge in [0.2, 0.25) is 0 Å². The van der Waals surface area contributed by atoms with Crippen LogP contribution in [0.3, 0.4) is 0 Å². The number of aryl methyl sites for hydroxylation is 1. The lowest BCUT2D eigenvalue weighted by atomic mass is 10.1. The number of hydrogen-bond donors (Lipinski definition) is 1. The first-order valence-corrected chi connectivity index (χ1v) is 6.37. The third kappa shape index (κ3) is 6.17. The van der Waals surface area contributed by atoms with E-state index < -0.39 is 11.7 Å². The summed E-state index contributed by atoms with van der Waals surface area (Å²) in [5.41, 5.74) is 1.41. The summed E-state index contributed by atoms with van der Waals surface area (Å²) in [6.45, 7) is 7.64. The van der Waals surface area contributed by atoms with Crippen molar-refractivity contribution in [2.45, 2.75) is 33.3 Å². The maximum Gasteiger partial charge on any atom is 0.408 e. The molecule has 0 saturated carbocycles. The molecule has 3 nitrogen and oxygen atoms in total. The Hall–Kier alpha value is -1.66. The molecular weight excluding hydrogens is 262 g/mol. The van der Waals surface area contributed by atoms with Gasteiger partial charge in [-0.2, -0.15) is 0 Å². The number of rotatable bonds is 1. The van der Waals surface area contributed by atoms with Gasteiger partial charge in [-0.25, -0.2) is 4.79 Å². The van der Waals surface area contributed by atoms with E-state index in [2.05, 4.69) is 17.2 Å². The Labute approximate surface area is 119 Å². The van der Waals surface area contributed by atoms with Crippen molar-refractivity contribution in [2.75, 3.05) is 6.54 Å². The average molecular weight is 280 g/mol. The fourth-order valence-electron chi connectivity index (χ4n) is 1.30. The van der Waals surface area contributed by atoms with Crippen molar-refractivity contribution in [2.24, 2.45) is 0 Å². The van der Waals surface area contributed by atoms with Gasteiger partial charge in [0.25, 0.3) is 0 Å². The summed E-state index contributed by atoms with van der Waals surface area (Å²) >= 11 is 5.90. The van der Waals surface area contributed by atoms with E-state index in [1.165, 1.54) is 0 Å². The second-order valence-corrected chi connectivity index (χ2v) is 5.55. The van der Waals surface area contributed by atoms with Gasteiger partial charge in [0.15, 0.2) is 0 Å². The first-order valence-electron chi connectivity index (χ1n) is 6.00. The number of amides is 1. The monoisotopic (exact) mass is 279 g/mol. The summed E-state index contributed by atoms with van der Waals surface area (Å²) in [6.07, 6.45) is -0.468. The van der Waals surface area contributed by atoms with Crippen LogP contribution in [-0.4, -0.2) is 18.2 Å². The second kappa shape index (κ2) is 6.49. The van der Waals surface area contributed by atoms with Gasteiger partial charge in [-0.15, -0.1) is 0 Å². The topological polar surface area (TPSA) is 38.3 Å². The molecule has 1 aromatic carbocycles. The number of benzene rings is 1. The number of hydrogen-bond acceptors (Lipinski definition) is 2.